The van der Waals surface area contributed by atoms with Gasteiger partial charge in [0, 0.05) is 6.07 Å². The predicted octanol–water partition coefficient (Wildman–Crippen LogP) is 2.00. The van der Waals surface area contributed by atoms with Gasteiger partial charge in [0.2, 0.25) is 5.88 Å². The lowest BCUT2D eigenvalue weighted by molar-refractivity contribution is 0.292. The highest BCUT2D eigenvalue weighted by Gasteiger charge is 2.05. The van der Waals surface area contributed by atoms with Gasteiger partial charge < -0.3 is 10.5 Å². The summed E-state index contributed by atoms with van der Waals surface area (Å²) in [5.41, 5.74) is 7.15. The summed E-state index contributed by atoms with van der Waals surface area (Å²) in [6.45, 7) is 2.23. The van der Waals surface area contributed by atoms with Gasteiger partial charge in [-0.05, 0) is 12.5 Å². The highest BCUT2D eigenvalue weighted by atomic mass is 32.1. The minimum Gasteiger partial charge on any atom is -0.473 e. The van der Waals surface area contributed by atoms with Crippen molar-refractivity contribution in [2.75, 3.05) is 0 Å². The minimum absolute atomic E-state index is 0.241. The number of hydrogen-bond acceptors (Lipinski definition) is 4. The van der Waals surface area contributed by atoms with E-state index in [1.807, 2.05) is 30.3 Å². The molecule has 4 nitrogen and oxygen atoms in total. The number of nitrogens with zero attached hydrogens (tertiary/aromatic N) is 2. The van der Waals surface area contributed by atoms with Crippen molar-refractivity contribution in [1.29, 1.82) is 0 Å². The Hall–Kier alpha value is -2.01. The van der Waals surface area contributed by atoms with Crippen LogP contribution in [0.1, 0.15) is 17.1 Å². The van der Waals surface area contributed by atoms with Crippen molar-refractivity contribution in [3.63, 3.8) is 0 Å². The fraction of sp³-hybridized carbons (Fsp3) is 0.154. The van der Waals surface area contributed by atoms with Gasteiger partial charge >= 0.3 is 0 Å². The second kappa shape index (κ2) is 5.55. The Kier molecular flexibility index (Phi) is 3.84. The van der Waals surface area contributed by atoms with E-state index in [0.29, 0.717) is 24.0 Å². The molecule has 1 heterocycles. The molecule has 0 radical (unpaired) electrons. The summed E-state index contributed by atoms with van der Waals surface area (Å²) in [6, 6.07) is 11.5. The molecular formula is C13H13N3OS. The lowest BCUT2D eigenvalue weighted by atomic mass is 10.2. The normalized spacial score (nSPS) is 10.1. The van der Waals surface area contributed by atoms with E-state index in [4.69, 9.17) is 22.7 Å². The highest BCUT2D eigenvalue weighted by Crippen LogP contribution is 2.11. The number of aromatic nitrogens is 2. The van der Waals surface area contributed by atoms with Crippen LogP contribution in [0.15, 0.2) is 36.4 Å². The van der Waals surface area contributed by atoms with Gasteiger partial charge in [-0.25, -0.2) is 4.98 Å². The Balaban J connectivity index is 2.12. The van der Waals surface area contributed by atoms with Gasteiger partial charge in [0.15, 0.2) is 0 Å². The topological polar surface area (TPSA) is 61.0 Å². The van der Waals surface area contributed by atoms with Crippen molar-refractivity contribution in [3.05, 3.63) is 53.5 Å². The number of nitrogens with two attached hydrogens (primary N) is 1. The maximum atomic E-state index is 5.60. The summed E-state index contributed by atoms with van der Waals surface area (Å²) in [4.78, 5) is 8.55. The predicted molar refractivity (Wildman–Crippen MR) is 73.4 cm³/mol. The minimum atomic E-state index is 0.241. The summed E-state index contributed by atoms with van der Waals surface area (Å²) in [5, 5.41) is 0. The second-order valence-corrected chi connectivity index (χ2v) is 4.22. The summed E-state index contributed by atoms with van der Waals surface area (Å²) >= 11 is 4.89. The van der Waals surface area contributed by atoms with E-state index in [1.54, 1.807) is 13.0 Å². The maximum Gasteiger partial charge on any atom is 0.217 e. The highest BCUT2D eigenvalue weighted by molar-refractivity contribution is 7.80. The molecule has 0 unspecified atom stereocenters. The largest absolute Gasteiger partial charge is 0.473 e. The Morgan fingerprint density at radius 2 is 2.00 bits per heavy atom. The molecule has 1 aromatic heterocycles. The monoisotopic (exact) mass is 259 g/mol. The van der Waals surface area contributed by atoms with Crippen LogP contribution in [0.2, 0.25) is 0 Å². The van der Waals surface area contributed by atoms with E-state index in [-0.39, 0.29) is 4.99 Å². The zero-order chi connectivity index (χ0) is 13.0. The van der Waals surface area contributed by atoms with E-state index in [1.165, 1.54) is 0 Å². The van der Waals surface area contributed by atoms with Crippen molar-refractivity contribution < 1.29 is 4.74 Å². The third-order valence-corrected chi connectivity index (χ3v) is 2.51. The summed E-state index contributed by atoms with van der Waals surface area (Å²) in [5.74, 6) is 1.07. The van der Waals surface area contributed by atoms with Crippen LogP contribution in [0, 0.1) is 6.92 Å². The first-order chi connectivity index (χ1) is 8.65. The molecule has 2 N–H and O–H groups in total. The van der Waals surface area contributed by atoms with Gasteiger partial charge in [0.05, 0.1) is 0 Å². The third kappa shape index (κ3) is 3.24. The lowest BCUT2D eigenvalue weighted by Crippen LogP contribution is -2.13. The molecule has 0 saturated heterocycles. The first kappa shape index (κ1) is 12.4. The molecule has 18 heavy (non-hydrogen) atoms. The number of ether oxygens (including phenoxy) is 1. The van der Waals surface area contributed by atoms with Crippen LogP contribution < -0.4 is 10.5 Å². The molecule has 1 aromatic carbocycles. The molecule has 0 spiro atoms. The van der Waals surface area contributed by atoms with Gasteiger partial charge in [-0.3, -0.25) is 0 Å². The van der Waals surface area contributed by atoms with E-state index < -0.39 is 0 Å². The molecule has 2 rings (SSSR count). The third-order valence-electron chi connectivity index (χ3n) is 2.30. The molecule has 5 heteroatoms. The summed E-state index contributed by atoms with van der Waals surface area (Å²) in [6.07, 6.45) is 0. The standard InChI is InChI=1S/C13H13N3OS/c1-9-15-11(13(14)18)7-12(16-9)17-8-10-5-3-2-4-6-10/h2-7H,8H2,1H3,(H2,14,18). The molecule has 0 aliphatic rings. The Morgan fingerprint density at radius 1 is 1.28 bits per heavy atom. The van der Waals surface area contributed by atoms with Crippen LogP contribution in [0.25, 0.3) is 0 Å². The van der Waals surface area contributed by atoms with Crippen molar-refractivity contribution in [1.82, 2.24) is 9.97 Å². The molecular weight excluding hydrogens is 246 g/mol. The van der Waals surface area contributed by atoms with Crippen LogP contribution in [0.4, 0.5) is 0 Å². The zero-order valence-corrected chi connectivity index (χ0v) is 10.8. The van der Waals surface area contributed by atoms with Crippen molar-refractivity contribution >= 4 is 17.2 Å². The molecule has 0 aliphatic heterocycles. The van der Waals surface area contributed by atoms with Gasteiger partial charge in [0.1, 0.15) is 23.1 Å². The number of benzene rings is 1. The molecule has 92 valence electrons. The molecule has 0 aliphatic carbocycles. The fourth-order valence-corrected chi connectivity index (χ4v) is 1.58. The Bertz CT molecular complexity index is 557. The number of aryl methyl sites for hydroxylation is 1. The summed E-state index contributed by atoms with van der Waals surface area (Å²) < 4.78 is 5.60. The van der Waals surface area contributed by atoms with Gasteiger partial charge in [-0.2, -0.15) is 4.98 Å². The van der Waals surface area contributed by atoms with Crippen LogP contribution in [-0.2, 0) is 6.61 Å². The molecule has 2 aromatic rings. The van der Waals surface area contributed by atoms with E-state index in [2.05, 4.69) is 9.97 Å². The van der Waals surface area contributed by atoms with Crippen LogP contribution in [-0.4, -0.2) is 15.0 Å². The van der Waals surface area contributed by atoms with Gasteiger partial charge in [0.25, 0.3) is 0 Å². The number of rotatable bonds is 4. The van der Waals surface area contributed by atoms with Crippen LogP contribution >= 0.6 is 12.2 Å². The molecule has 0 bridgehead atoms. The number of hydrogen-bond donors (Lipinski definition) is 1. The van der Waals surface area contributed by atoms with Crippen molar-refractivity contribution in [2.45, 2.75) is 13.5 Å². The Labute approximate surface area is 111 Å². The van der Waals surface area contributed by atoms with Gasteiger partial charge in [-0.15, -0.1) is 0 Å². The first-order valence-electron chi connectivity index (χ1n) is 5.47. The zero-order valence-electron chi connectivity index (χ0n) is 9.96. The maximum absolute atomic E-state index is 5.60. The quantitative estimate of drug-likeness (QED) is 0.851. The van der Waals surface area contributed by atoms with Crippen LogP contribution in [0.3, 0.4) is 0 Å². The first-order valence-corrected chi connectivity index (χ1v) is 5.88. The smallest absolute Gasteiger partial charge is 0.217 e. The second-order valence-electron chi connectivity index (χ2n) is 3.78. The average molecular weight is 259 g/mol. The van der Waals surface area contributed by atoms with Gasteiger partial charge in [-0.1, -0.05) is 42.5 Å². The van der Waals surface area contributed by atoms with Crippen molar-refractivity contribution in [3.8, 4) is 5.88 Å². The van der Waals surface area contributed by atoms with Crippen LogP contribution in [0.5, 0.6) is 5.88 Å². The summed E-state index contributed by atoms with van der Waals surface area (Å²) in [7, 11) is 0. The average Bonchev–Trinajstić information content (AvgIpc) is 2.37. The van der Waals surface area contributed by atoms with E-state index >= 15 is 0 Å². The van der Waals surface area contributed by atoms with Crippen molar-refractivity contribution in [2.24, 2.45) is 5.73 Å². The molecule has 0 saturated carbocycles. The molecule has 0 amide bonds. The fourth-order valence-electron chi connectivity index (χ4n) is 1.47. The number of thiocarbonyl (C=S) groups is 1. The molecule has 0 fully saturated rings. The SMILES string of the molecule is Cc1nc(OCc2ccccc2)cc(C(N)=S)n1. The van der Waals surface area contributed by atoms with E-state index in [9.17, 15) is 0 Å². The lowest BCUT2D eigenvalue weighted by Gasteiger charge is -2.07. The molecule has 0 atom stereocenters. The Morgan fingerprint density at radius 3 is 2.67 bits per heavy atom. The van der Waals surface area contributed by atoms with E-state index in [0.717, 1.165) is 5.56 Å².